The molecule has 5 nitrogen and oxygen atoms in total. The standard InChI is InChI=1S/C13H7ClFN3O2/c1-6-12(13(19)20)18-9(5-17-6)10-7(4-16)2-3-8(14)11(10)15/h2-3,5H,1H3,(H,19,20). The van der Waals surface area contributed by atoms with Gasteiger partial charge in [0.25, 0.3) is 0 Å². The summed E-state index contributed by atoms with van der Waals surface area (Å²) in [5, 5.41) is 17.8. The summed E-state index contributed by atoms with van der Waals surface area (Å²) >= 11 is 5.68. The van der Waals surface area contributed by atoms with Crippen LogP contribution in [0.1, 0.15) is 21.7 Å². The molecule has 0 amide bonds. The van der Waals surface area contributed by atoms with E-state index >= 15 is 0 Å². The van der Waals surface area contributed by atoms with Crippen LogP contribution in [0.4, 0.5) is 4.39 Å². The molecule has 0 radical (unpaired) electrons. The Balaban J connectivity index is 2.75. The maximum absolute atomic E-state index is 14.1. The van der Waals surface area contributed by atoms with Crippen LogP contribution in [0.5, 0.6) is 0 Å². The molecular weight excluding hydrogens is 285 g/mol. The Labute approximate surface area is 118 Å². The molecule has 100 valence electrons. The Morgan fingerprint density at radius 3 is 2.80 bits per heavy atom. The van der Waals surface area contributed by atoms with Crippen LogP contribution < -0.4 is 0 Å². The lowest BCUT2D eigenvalue weighted by Crippen LogP contribution is -2.07. The molecule has 0 bridgehead atoms. The Morgan fingerprint density at radius 2 is 2.20 bits per heavy atom. The normalized spacial score (nSPS) is 10.1. The van der Waals surface area contributed by atoms with Crippen molar-refractivity contribution in [2.75, 3.05) is 0 Å². The van der Waals surface area contributed by atoms with Gasteiger partial charge in [-0.1, -0.05) is 11.6 Å². The van der Waals surface area contributed by atoms with E-state index in [-0.39, 0.29) is 33.2 Å². The third kappa shape index (κ3) is 2.31. The fourth-order valence-corrected chi connectivity index (χ4v) is 1.82. The van der Waals surface area contributed by atoms with Crippen molar-refractivity contribution in [2.24, 2.45) is 0 Å². The second kappa shape index (κ2) is 5.23. The number of aromatic carboxylic acids is 1. The number of hydrogen-bond donors (Lipinski definition) is 1. The van der Waals surface area contributed by atoms with Gasteiger partial charge >= 0.3 is 5.97 Å². The van der Waals surface area contributed by atoms with Gasteiger partial charge in [0.2, 0.25) is 0 Å². The van der Waals surface area contributed by atoms with E-state index in [0.717, 1.165) is 0 Å². The number of carboxylic acids is 1. The number of carboxylic acid groups (broad SMARTS) is 1. The van der Waals surface area contributed by atoms with E-state index in [2.05, 4.69) is 9.97 Å². The summed E-state index contributed by atoms with van der Waals surface area (Å²) in [6, 6.07) is 4.40. The van der Waals surface area contributed by atoms with Gasteiger partial charge in [-0.15, -0.1) is 0 Å². The molecule has 2 rings (SSSR count). The quantitative estimate of drug-likeness (QED) is 0.919. The summed E-state index contributed by atoms with van der Waals surface area (Å²) in [6.45, 7) is 1.47. The number of aryl methyl sites for hydroxylation is 1. The fraction of sp³-hybridized carbons (Fsp3) is 0.0769. The zero-order valence-electron chi connectivity index (χ0n) is 10.2. The molecule has 1 aromatic carbocycles. The monoisotopic (exact) mass is 291 g/mol. The molecule has 0 aliphatic carbocycles. The van der Waals surface area contributed by atoms with E-state index in [4.69, 9.17) is 22.0 Å². The van der Waals surface area contributed by atoms with Gasteiger partial charge in [0, 0.05) is 0 Å². The average Bonchev–Trinajstić information content (AvgIpc) is 2.42. The minimum absolute atomic E-state index is 0.00129. The number of hydrogen-bond acceptors (Lipinski definition) is 4. The van der Waals surface area contributed by atoms with Crippen LogP contribution in [-0.2, 0) is 0 Å². The van der Waals surface area contributed by atoms with Gasteiger partial charge < -0.3 is 5.11 Å². The van der Waals surface area contributed by atoms with Crippen molar-refractivity contribution in [3.8, 4) is 17.3 Å². The molecule has 7 heteroatoms. The van der Waals surface area contributed by atoms with Gasteiger partial charge in [-0.05, 0) is 19.1 Å². The number of nitrogens with zero attached hydrogens (tertiary/aromatic N) is 3. The van der Waals surface area contributed by atoms with E-state index in [9.17, 15) is 9.18 Å². The molecule has 0 atom stereocenters. The lowest BCUT2D eigenvalue weighted by molar-refractivity contribution is 0.0689. The van der Waals surface area contributed by atoms with E-state index in [1.807, 2.05) is 6.07 Å². The molecule has 1 N–H and O–H groups in total. The summed E-state index contributed by atoms with van der Waals surface area (Å²) in [5.74, 6) is -2.11. The number of halogens is 2. The highest BCUT2D eigenvalue weighted by atomic mass is 35.5. The van der Waals surface area contributed by atoms with Crippen molar-refractivity contribution in [3.63, 3.8) is 0 Å². The molecule has 0 spiro atoms. The summed E-state index contributed by atoms with van der Waals surface area (Å²) in [6.07, 6.45) is 1.21. The summed E-state index contributed by atoms with van der Waals surface area (Å²) in [5.41, 5.74) is -0.311. The van der Waals surface area contributed by atoms with E-state index in [1.165, 1.54) is 25.3 Å². The first-order valence-corrected chi connectivity index (χ1v) is 5.79. The highest BCUT2D eigenvalue weighted by molar-refractivity contribution is 6.31. The zero-order valence-corrected chi connectivity index (χ0v) is 10.9. The van der Waals surface area contributed by atoms with Crippen LogP contribution >= 0.6 is 11.6 Å². The van der Waals surface area contributed by atoms with Gasteiger partial charge in [0.1, 0.15) is 0 Å². The molecule has 0 saturated carbocycles. The summed E-state index contributed by atoms with van der Waals surface area (Å²) in [7, 11) is 0. The minimum atomic E-state index is -1.28. The first-order valence-electron chi connectivity index (χ1n) is 5.41. The molecule has 0 fully saturated rings. The third-order valence-electron chi connectivity index (χ3n) is 2.63. The number of aromatic nitrogens is 2. The average molecular weight is 292 g/mol. The van der Waals surface area contributed by atoms with Crippen LogP contribution in [-0.4, -0.2) is 21.0 Å². The van der Waals surface area contributed by atoms with Crippen LogP contribution in [0.3, 0.4) is 0 Å². The number of rotatable bonds is 2. The maximum atomic E-state index is 14.1. The van der Waals surface area contributed by atoms with Gasteiger partial charge in [-0.3, -0.25) is 4.98 Å². The first kappa shape index (κ1) is 13.9. The molecule has 2 aromatic rings. The highest BCUT2D eigenvalue weighted by Crippen LogP contribution is 2.29. The molecule has 1 aromatic heterocycles. The van der Waals surface area contributed by atoms with E-state index in [0.29, 0.717) is 0 Å². The lowest BCUT2D eigenvalue weighted by atomic mass is 10.0. The molecular formula is C13H7ClFN3O2. The predicted molar refractivity (Wildman–Crippen MR) is 68.8 cm³/mol. The third-order valence-corrected chi connectivity index (χ3v) is 2.92. The van der Waals surface area contributed by atoms with Crippen molar-refractivity contribution in [1.29, 1.82) is 5.26 Å². The van der Waals surface area contributed by atoms with Gasteiger partial charge in [-0.25, -0.2) is 14.2 Å². The molecule has 0 aliphatic heterocycles. The van der Waals surface area contributed by atoms with Crippen molar-refractivity contribution >= 4 is 17.6 Å². The zero-order chi connectivity index (χ0) is 14.9. The lowest BCUT2D eigenvalue weighted by Gasteiger charge is -2.08. The Hall–Kier alpha value is -2.52. The SMILES string of the molecule is Cc1ncc(-c2c(C#N)ccc(Cl)c2F)nc1C(=O)O. The summed E-state index contributed by atoms with van der Waals surface area (Å²) in [4.78, 5) is 18.7. The second-order valence-corrected chi connectivity index (χ2v) is 4.30. The molecule has 0 aliphatic rings. The first-order chi connectivity index (χ1) is 9.45. The van der Waals surface area contributed by atoms with Gasteiger partial charge in [0.05, 0.1) is 39.8 Å². The van der Waals surface area contributed by atoms with E-state index in [1.54, 1.807) is 0 Å². The van der Waals surface area contributed by atoms with Gasteiger partial charge in [0.15, 0.2) is 11.5 Å². The highest BCUT2D eigenvalue weighted by Gasteiger charge is 2.19. The van der Waals surface area contributed by atoms with Crippen molar-refractivity contribution < 1.29 is 14.3 Å². The minimum Gasteiger partial charge on any atom is -0.476 e. The Morgan fingerprint density at radius 1 is 1.50 bits per heavy atom. The second-order valence-electron chi connectivity index (χ2n) is 3.89. The largest absolute Gasteiger partial charge is 0.476 e. The predicted octanol–water partition coefficient (Wildman–Crippen LogP) is 2.81. The van der Waals surface area contributed by atoms with Crippen LogP contribution in [0.2, 0.25) is 5.02 Å². The molecule has 0 unspecified atom stereocenters. The number of nitriles is 1. The van der Waals surface area contributed by atoms with Crippen molar-refractivity contribution in [3.05, 3.63) is 46.1 Å². The fourth-order valence-electron chi connectivity index (χ4n) is 1.67. The van der Waals surface area contributed by atoms with Crippen LogP contribution in [0, 0.1) is 24.1 Å². The van der Waals surface area contributed by atoms with E-state index < -0.39 is 11.8 Å². The summed E-state index contributed by atoms with van der Waals surface area (Å²) < 4.78 is 14.1. The smallest absolute Gasteiger partial charge is 0.356 e. The molecule has 1 heterocycles. The molecule has 0 saturated heterocycles. The Kier molecular flexibility index (Phi) is 3.63. The topological polar surface area (TPSA) is 86.9 Å². The van der Waals surface area contributed by atoms with Crippen molar-refractivity contribution in [1.82, 2.24) is 9.97 Å². The van der Waals surface area contributed by atoms with Crippen molar-refractivity contribution in [2.45, 2.75) is 6.92 Å². The van der Waals surface area contributed by atoms with Gasteiger partial charge in [-0.2, -0.15) is 5.26 Å². The van der Waals surface area contributed by atoms with Crippen LogP contribution in [0.15, 0.2) is 18.3 Å². The maximum Gasteiger partial charge on any atom is 0.356 e. The van der Waals surface area contributed by atoms with Crippen LogP contribution in [0.25, 0.3) is 11.3 Å². The number of carbonyl (C=O) groups is 1. The molecule has 20 heavy (non-hydrogen) atoms. The number of benzene rings is 1. The Bertz CT molecular complexity index is 756.